The number of imidazole rings is 2. The number of ether oxygens (including phenoxy) is 2. The molecule has 24 heteroatoms. The number of nitrogen functional groups attached to an aromatic ring is 1. The number of halogens is 2. The molecule has 9 atom stereocenters. The third kappa shape index (κ3) is 4.95. The van der Waals surface area contributed by atoms with Crippen LogP contribution in [0.1, 0.15) is 12.5 Å². The van der Waals surface area contributed by atoms with E-state index in [9.17, 15) is 22.7 Å². The Kier molecular flexibility index (Phi) is 6.98. The van der Waals surface area contributed by atoms with Gasteiger partial charge in [0, 0.05) is 6.54 Å². The van der Waals surface area contributed by atoms with Crippen molar-refractivity contribution in [1.82, 2.24) is 43.8 Å². The normalized spacial score (nSPS) is 36.1. The standard InChI is InChI=1S/C20H21F2N10O10PS/c21-9-13-7(39-19(9)31-5-28-11-15(23)24-3-25-16(11)31)1-30-44(36,37)42-14-8(2-38-43(34,35)41-13)40-20(10(14)22)32-6-29-12-17(32)26-4-27-18(12)33/h3-10,13-14,19-20,30H,1-2H2,(H,34,35)(H2,23,24,25)(H,26,27,33). The van der Waals surface area contributed by atoms with Gasteiger partial charge in [-0.3, -0.25) is 23.0 Å². The van der Waals surface area contributed by atoms with Crippen LogP contribution < -0.4 is 16.0 Å². The van der Waals surface area contributed by atoms with Crippen molar-refractivity contribution in [3.8, 4) is 0 Å². The monoisotopic (exact) mass is 662 g/mol. The number of nitrogens with zero attached hydrogens (tertiary/aromatic N) is 7. The number of hydrogen-bond donors (Lipinski definition) is 4. The first-order valence-corrected chi connectivity index (χ1v) is 15.6. The van der Waals surface area contributed by atoms with Crippen molar-refractivity contribution in [2.45, 2.75) is 49.2 Å². The second-order valence-corrected chi connectivity index (χ2v) is 12.7. The molecular formula is C20H21F2N10O10PS. The van der Waals surface area contributed by atoms with Gasteiger partial charge in [0.1, 0.15) is 36.3 Å². The molecule has 0 bridgehead atoms. The van der Waals surface area contributed by atoms with Gasteiger partial charge in [0.15, 0.2) is 47.4 Å². The second kappa shape index (κ2) is 10.5. The number of nitrogens with two attached hydrogens (primary N) is 1. The zero-order chi connectivity index (χ0) is 31.0. The van der Waals surface area contributed by atoms with Crippen LogP contribution in [0.3, 0.4) is 0 Å². The van der Waals surface area contributed by atoms with Crippen LogP contribution in [0.25, 0.3) is 22.3 Å². The van der Waals surface area contributed by atoms with Crippen LogP contribution in [0.4, 0.5) is 14.6 Å². The average Bonchev–Trinajstić information content (AvgIpc) is 3.73. The summed E-state index contributed by atoms with van der Waals surface area (Å²) in [7, 11) is -9.94. The quantitative estimate of drug-likeness (QED) is 0.183. The minimum absolute atomic E-state index is 0.00427. The van der Waals surface area contributed by atoms with Gasteiger partial charge in [-0.25, -0.2) is 42.4 Å². The van der Waals surface area contributed by atoms with Crippen LogP contribution in [0.5, 0.6) is 0 Å². The number of nitrogens with one attached hydrogen (secondary N) is 2. The number of hydrogen-bond acceptors (Lipinski definition) is 15. The molecule has 3 aliphatic rings. The summed E-state index contributed by atoms with van der Waals surface area (Å²) in [5.74, 6) is -0.00427. The van der Waals surface area contributed by atoms with Crippen LogP contribution >= 0.6 is 7.82 Å². The Morgan fingerprint density at radius 2 is 1.64 bits per heavy atom. The van der Waals surface area contributed by atoms with E-state index in [1.54, 1.807) is 0 Å². The number of fused-ring (bicyclic) bond motifs is 4. The fourth-order valence-electron chi connectivity index (χ4n) is 5.20. The summed E-state index contributed by atoms with van der Waals surface area (Å²) in [6.07, 6.45) is -10.3. The van der Waals surface area contributed by atoms with Gasteiger partial charge in [-0.1, -0.05) is 0 Å². The molecule has 20 nitrogen and oxygen atoms in total. The number of aromatic nitrogens is 8. The van der Waals surface area contributed by atoms with Crippen LogP contribution in [-0.4, -0.2) is 102 Å². The molecular weight excluding hydrogens is 641 g/mol. The van der Waals surface area contributed by atoms with E-state index in [1.165, 1.54) is 0 Å². The molecule has 236 valence electrons. The zero-order valence-corrected chi connectivity index (χ0v) is 23.5. The molecule has 7 heterocycles. The van der Waals surface area contributed by atoms with Crippen molar-refractivity contribution in [2.24, 2.45) is 0 Å². The van der Waals surface area contributed by atoms with E-state index in [1.807, 2.05) is 4.72 Å². The van der Waals surface area contributed by atoms with Crippen LogP contribution in [0.2, 0.25) is 0 Å². The fourth-order valence-corrected chi connectivity index (χ4v) is 7.11. The Bertz CT molecular complexity index is 1960. The number of anilines is 1. The molecule has 44 heavy (non-hydrogen) atoms. The van der Waals surface area contributed by atoms with Gasteiger partial charge in [0.2, 0.25) is 0 Å². The lowest BCUT2D eigenvalue weighted by atomic mass is 10.1. The number of phosphoric ester groups is 1. The molecule has 0 aromatic carbocycles. The highest BCUT2D eigenvalue weighted by Gasteiger charge is 2.54. The van der Waals surface area contributed by atoms with E-state index in [-0.39, 0.29) is 28.1 Å². The van der Waals surface area contributed by atoms with Crippen LogP contribution in [0, 0.1) is 0 Å². The highest BCUT2D eigenvalue weighted by atomic mass is 32.2. The minimum Gasteiger partial charge on any atom is -0.382 e. The minimum atomic E-state index is -5.13. The lowest BCUT2D eigenvalue weighted by Crippen LogP contribution is -2.45. The average molecular weight is 662 g/mol. The largest absolute Gasteiger partial charge is 0.472 e. The third-order valence-electron chi connectivity index (χ3n) is 7.19. The lowest BCUT2D eigenvalue weighted by Gasteiger charge is -2.26. The molecule has 3 fully saturated rings. The Labute approximate surface area is 243 Å². The van der Waals surface area contributed by atoms with Gasteiger partial charge in [-0.05, 0) is 0 Å². The Balaban J connectivity index is 1.17. The van der Waals surface area contributed by atoms with Gasteiger partial charge in [-0.15, -0.1) is 0 Å². The molecule has 5 N–H and O–H groups in total. The number of H-pyrrole nitrogens is 1. The number of rotatable bonds is 2. The second-order valence-electron chi connectivity index (χ2n) is 9.86. The first-order valence-electron chi connectivity index (χ1n) is 12.7. The summed E-state index contributed by atoms with van der Waals surface area (Å²) in [6.45, 7) is -1.68. The van der Waals surface area contributed by atoms with Crippen molar-refractivity contribution in [3.05, 3.63) is 35.7 Å². The SMILES string of the molecule is Nc1ncnc2c1ncn2C1OC2CNS(=O)(=O)OC3C(COP(=O)(O)OC2C1F)OC(n1cnc2c(=O)[nH]cnc21)C3F. The first-order chi connectivity index (χ1) is 20.9. The molecule has 0 aliphatic carbocycles. The Morgan fingerprint density at radius 3 is 2.39 bits per heavy atom. The van der Waals surface area contributed by atoms with Gasteiger partial charge in [0.25, 0.3) is 5.56 Å². The molecule has 0 radical (unpaired) electrons. The number of aromatic amines is 1. The predicted molar refractivity (Wildman–Crippen MR) is 138 cm³/mol. The molecule has 3 aliphatic heterocycles. The van der Waals surface area contributed by atoms with Crippen molar-refractivity contribution < 1.29 is 49.4 Å². The zero-order valence-electron chi connectivity index (χ0n) is 21.8. The lowest BCUT2D eigenvalue weighted by molar-refractivity contribution is -0.0496. The molecule has 0 spiro atoms. The summed E-state index contributed by atoms with van der Waals surface area (Å²) >= 11 is 0. The van der Waals surface area contributed by atoms with Gasteiger partial charge < -0.3 is 25.1 Å². The van der Waals surface area contributed by atoms with Crippen molar-refractivity contribution in [1.29, 1.82) is 0 Å². The van der Waals surface area contributed by atoms with Crippen molar-refractivity contribution in [2.75, 3.05) is 18.9 Å². The Morgan fingerprint density at radius 1 is 0.977 bits per heavy atom. The summed E-state index contributed by atoms with van der Waals surface area (Å²) in [4.78, 5) is 44.5. The van der Waals surface area contributed by atoms with E-state index < -0.39 is 86.1 Å². The maximum Gasteiger partial charge on any atom is 0.472 e. The maximum atomic E-state index is 15.8. The van der Waals surface area contributed by atoms with E-state index in [2.05, 4.69) is 29.9 Å². The van der Waals surface area contributed by atoms with Crippen LogP contribution in [-0.2, 0) is 37.6 Å². The van der Waals surface area contributed by atoms with Gasteiger partial charge in [0.05, 0.1) is 25.6 Å². The highest BCUT2D eigenvalue weighted by molar-refractivity contribution is 7.84. The summed E-state index contributed by atoms with van der Waals surface area (Å²) in [6, 6.07) is 0. The number of phosphoric acid groups is 1. The smallest absolute Gasteiger partial charge is 0.382 e. The van der Waals surface area contributed by atoms with Crippen LogP contribution in [0.15, 0.2) is 30.1 Å². The molecule has 0 saturated carbocycles. The van der Waals surface area contributed by atoms with Gasteiger partial charge in [-0.2, -0.15) is 13.1 Å². The summed E-state index contributed by atoms with van der Waals surface area (Å²) < 4.78 is 101. The Hall–Kier alpha value is -3.54. The predicted octanol–water partition coefficient (Wildman–Crippen LogP) is -1.25. The molecule has 0 amide bonds. The third-order valence-corrected chi connectivity index (χ3v) is 9.17. The molecule has 9 unspecified atom stereocenters. The summed E-state index contributed by atoms with van der Waals surface area (Å²) in [5, 5.41) is 0. The summed E-state index contributed by atoms with van der Waals surface area (Å²) in [5.41, 5.74) is 5.10. The molecule has 7 rings (SSSR count). The fraction of sp³-hybridized carbons (Fsp3) is 0.500. The number of alkyl halides is 2. The van der Waals surface area contributed by atoms with Crippen molar-refractivity contribution in [3.63, 3.8) is 0 Å². The van der Waals surface area contributed by atoms with Gasteiger partial charge >= 0.3 is 18.1 Å². The maximum absolute atomic E-state index is 15.8. The first kappa shape index (κ1) is 29.2. The highest BCUT2D eigenvalue weighted by Crippen LogP contribution is 2.50. The molecule has 4 aromatic rings. The van der Waals surface area contributed by atoms with E-state index >= 15 is 8.78 Å². The molecule has 4 aromatic heterocycles. The molecule has 3 saturated heterocycles. The topological polar surface area (TPSA) is 263 Å². The van der Waals surface area contributed by atoms with E-state index in [0.717, 1.165) is 34.4 Å². The van der Waals surface area contributed by atoms with E-state index in [0.29, 0.717) is 0 Å². The van der Waals surface area contributed by atoms with E-state index in [4.69, 9.17) is 28.4 Å². The van der Waals surface area contributed by atoms with Crippen molar-refractivity contribution >= 4 is 46.3 Å².